The van der Waals surface area contributed by atoms with Crippen LogP contribution in [-0.4, -0.2) is 47.8 Å². The molecule has 1 aromatic heterocycles. The predicted octanol–water partition coefficient (Wildman–Crippen LogP) is 5.12. The molecule has 1 aliphatic rings. The fourth-order valence-electron chi connectivity index (χ4n) is 4.20. The minimum absolute atomic E-state index is 0.181. The van der Waals surface area contributed by atoms with Crippen molar-refractivity contribution >= 4 is 40.5 Å². The highest BCUT2D eigenvalue weighted by atomic mass is 35.5. The summed E-state index contributed by atoms with van der Waals surface area (Å²) in [6.07, 6.45) is 0.646. The van der Waals surface area contributed by atoms with Crippen molar-refractivity contribution < 1.29 is 0 Å². The molecule has 164 valence electrons. The Hall–Kier alpha value is -1.92. The van der Waals surface area contributed by atoms with Crippen LogP contribution in [0.25, 0.3) is 0 Å². The molecule has 1 saturated heterocycles. The van der Waals surface area contributed by atoms with Crippen molar-refractivity contribution in [1.82, 2.24) is 15.1 Å². The van der Waals surface area contributed by atoms with E-state index in [9.17, 15) is 4.79 Å². The van der Waals surface area contributed by atoms with E-state index in [-0.39, 0.29) is 16.5 Å². The summed E-state index contributed by atoms with van der Waals surface area (Å²) in [6, 6.07) is 14.0. The summed E-state index contributed by atoms with van der Waals surface area (Å²) in [4.78, 5) is 16.6. The Morgan fingerprint density at radius 1 is 0.935 bits per heavy atom. The van der Waals surface area contributed by atoms with Crippen LogP contribution in [0.5, 0.6) is 0 Å². The number of nitrogens with one attached hydrogen (secondary N) is 2. The quantitative estimate of drug-likeness (QED) is 0.516. The second kappa shape index (κ2) is 9.70. The lowest BCUT2D eigenvalue weighted by Gasteiger charge is -2.38. The molecule has 2 N–H and O–H groups in total. The molecule has 1 aliphatic heterocycles. The molecule has 3 aromatic rings. The van der Waals surface area contributed by atoms with Crippen LogP contribution >= 0.6 is 34.8 Å². The fraction of sp³-hybridized carbons (Fsp3) is 0.348. The van der Waals surface area contributed by atoms with Crippen LogP contribution in [0.1, 0.15) is 22.7 Å². The summed E-state index contributed by atoms with van der Waals surface area (Å²) >= 11 is 18.5. The number of halogens is 3. The zero-order valence-electron chi connectivity index (χ0n) is 17.3. The van der Waals surface area contributed by atoms with Crippen molar-refractivity contribution in [3.8, 4) is 0 Å². The van der Waals surface area contributed by atoms with Gasteiger partial charge in [0.1, 0.15) is 5.02 Å². The fourth-order valence-corrected chi connectivity index (χ4v) is 4.66. The molecule has 5 nitrogen and oxygen atoms in total. The third kappa shape index (κ3) is 5.29. The molecule has 0 spiro atoms. The van der Waals surface area contributed by atoms with E-state index in [0.29, 0.717) is 11.4 Å². The van der Waals surface area contributed by atoms with Crippen molar-refractivity contribution in [1.29, 1.82) is 0 Å². The van der Waals surface area contributed by atoms with Gasteiger partial charge in [-0.05, 0) is 48.7 Å². The smallest absolute Gasteiger partial charge is 0.282 e. The van der Waals surface area contributed by atoms with E-state index in [0.717, 1.165) is 43.4 Å². The molecule has 1 unspecified atom stereocenters. The topological polar surface area (TPSA) is 55.1 Å². The van der Waals surface area contributed by atoms with Crippen molar-refractivity contribution in [3.63, 3.8) is 0 Å². The summed E-state index contributed by atoms with van der Waals surface area (Å²) in [5, 5.41) is 7.22. The number of aromatic amines is 2. The normalized spacial score (nSPS) is 15.9. The Balaban J connectivity index is 1.47. The van der Waals surface area contributed by atoms with Gasteiger partial charge in [0.15, 0.2) is 0 Å². The van der Waals surface area contributed by atoms with Gasteiger partial charge in [0, 0.05) is 54.4 Å². The third-order valence-corrected chi connectivity index (χ3v) is 6.83. The number of benzene rings is 2. The summed E-state index contributed by atoms with van der Waals surface area (Å²) in [5.74, 6) is 0.181. The van der Waals surface area contributed by atoms with Gasteiger partial charge < -0.3 is 10.00 Å². The van der Waals surface area contributed by atoms with Gasteiger partial charge in [-0.15, -0.1) is 0 Å². The molecule has 4 rings (SSSR count). The zero-order chi connectivity index (χ0) is 22.0. The molecule has 1 atom stereocenters. The van der Waals surface area contributed by atoms with Crippen molar-refractivity contribution in [2.24, 2.45) is 0 Å². The van der Waals surface area contributed by atoms with Crippen LogP contribution in [0, 0.1) is 6.92 Å². The van der Waals surface area contributed by atoms with Gasteiger partial charge in [-0.25, -0.2) is 0 Å². The standard InChI is InChI=1S/C23H25Cl3N4O/c1-15-2-5-19(25)13-21(15)30-10-8-29(9-11-30)14-17(16-3-6-18(24)7-4-16)12-20-22(26)23(31)28-27-20/h2-7,13,17H,8-12,14H2,1H3,(H2,27,28,31). The predicted molar refractivity (Wildman–Crippen MR) is 129 cm³/mol. The molecule has 2 heterocycles. The van der Waals surface area contributed by atoms with Crippen molar-refractivity contribution in [2.45, 2.75) is 19.3 Å². The van der Waals surface area contributed by atoms with E-state index in [1.165, 1.54) is 16.8 Å². The van der Waals surface area contributed by atoms with Gasteiger partial charge in [-0.2, -0.15) is 0 Å². The molecule has 0 radical (unpaired) electrons. The first-order chi connectivity index (χ1) is 14.9. The van der Waals surface area contributed by atoms with Crippen molar-refractivity contribution in [3.05, 3.63) is 84.7 Å². The highest BCUT2D eigenvalue weighted by Crippen LogP contribution is 2.28. The number of piperazine rings is 1. The van der Waals surface area contributed by atoms with Gasteiger partial charge in [0.05, 0.1) is 5.69 Å². The van der Waals surface area contributed by atoms with Crippen LogP contribution in [0.2, 0.25) is 15.1 Å². The number of rotatable bonds is 6. The van der Waals surface area contributed by atoms with Crippen LogP contribution < -0.4 is 10.5 Å². The Morgan fingerprint density at radius 2 is 1.61 bits per heavy atom. The highest BCUT2D eigenvalue weighted by molar-refractivity contribution is 6.31. The van der Waals surface area contributed by atoms with E-state index >= 15 is 0 Å². The monoisotopic (exact) mass is 478 g/mol. The van der Waals surface area contributed by atoms with E-state index in [1.807, 2.05) is 24.3 Å². The largest absolute Gasteiger partial charge is 0.369 e. The van der Waals surface area contributed by atoms with Crippen molar-refractivity contribution in [2.75, 3.05) is 37.6 Å². The zero-order valence-corrected chi connectivity index (χ0v) is 19.6. The summed E-state index contributed by atoms with van der Waals surface area (Å²) in [7, 11) is 0. The van der Waals surface area contributed by atoms with E-state index in [2.05, 4.69) is 45.1 Å². The first-order valence-electron chi connectivity index (χ1n) is 10.3. The van der Waals surface area contributed by atoms with E-state index in [4.69, 9.17) is 34.8 Å². The molecular weight excluding hydrogens is 455 g/mol. The highest BCUT2D eigenvalue weighted by Gasteiger charge is 2.24. The molecule has 0 aliphatic carbocycles. The number of H-pyrrole nitrogens is 2. The minimum Gasteiger partial charge on any atom is -0.369 e. The molecule has 2 aromatic carbocycles. The van der Waals surface area contributed by atoms with Gasteiger partial charge in [0.25, 0.3) is 5.56 Å². The van der Waals surface area contributed by atoms with Gasteiger partial charge in [-0.3, -0.25) is 14.8 Å². The van der Waals surface area contributed by atoms with E-state index < -0.39 is 0 Å². The second-order valence-electron chi connectivity index (χ2n) is 8.04. The Kier molecular flexibility index (Phi) is 6.97. The molecular formula is C23H25Cl3N4O. The molecule has 0 saturated carbocycles. The molecule has 8 heteroatoms. The number of hydrogen-bond acceptors (Lipinski definition) is 3. The third-order valence-electron chi connectivity index (χ3n) is 5.95. The minimum atomic E-state index is -0.281. The summed E-state index contributed by atoms with van der Waals surface area (Å²) < 4.78 is 0. The number of anilines is 1. The van der Waals surface area contributed by atoms with E-state index in [1.54, 1.807) is 0 Å². The maximum atomic E-state index is 11.8. The maximum Gasteiger partial charge on any atom is 0.282 e. The average molecular weight is 480 g/mol. The Morgan fingerprint density at radius 3 is 2.26 bits per heavy atom. The van der Waals surface area contributed by atoms with Crippen LogP contribution in [0.3, 0.4) is 0 Å². The lowest BCUT2D eigenvalue weighted by Crippen LogP contribution is -2.48. The van der Waals surface area contributed by atoms with Gasteiger partial charge >= 0.3 is 0 Å². The molecule has 1 fully saturated rings. The summed E-state index contributed by atoms with van der Waals surface area (Å²) in [5.41, 5.74) is 4.08. The maximum absolute atomic E-state index is 11.8. The number of aryl methyl sites for hydroxylation is 1. The first-order valence-corrected chi connectivity index (χ1v) is 11.5. The second-order valence-corrected chi connectivity index (χ2v) is 9.29. The number of aromatic nitrogens is 2. The first kappa shape index (κ1) is 22.3. The SMILES string of the molecule is Cc1ccc(Cl)cc1N1CCN(CC(Cc2[nH][nH]c(=O)c2Cl)c2ccc(Cl)cc2)CC1. The molecule has 31 heavy (non-hydrogen) atoms. The van der Waals surface area contributed by atoms with Crippen LogP contribution in [-0.2, 0) is 6.42 Å². The molecule has 0 bridgehead atoms. The Bertz CT molecular complexity index is 1080. The lowest BCUT2D eigenvalue weighted by molar-refractivity contribution is 0.241. The summed E-state index contributed by atoms with van der Waals surface area (Å²) in [6.45, 7) is 6.77. The lowest BCUT2D eigenvalue weighted by atomic mass is 9.93. The number of hydrogen-bond donors (Lipinski definition) is 2. The molecule has 0 amide bonds. The average Bonchev–Trinajstić information content (AvgIpc) is 3.08. The van der Waals surface area contributed by atoms with Gasteiger partial charge in [0.2, 0.25) is 0 Å². The Labute approximate surface area is 196 Å². The number of nitrogens with zero attached hydrogens (tertiary/aromatic N) is 2. The van der Waals surface area contributed by atoms with Crippen LogP contribution in [0.4, 0.5) is 5.69 Å². The van der Waals surface area contributed by atoms with Gasteiger partial charge in [-0.1, -0.05) is 53.0 Å². The van der Waals surface area contributed by atoms with Crippen LogP contribution in [0.15, 0.2) is 47.3 Å².